The standard InChI is InChI=1S/C15H14N4OS/c1-9(14(16)20)21-13-7-6-10(8-17-13)15-18-11-4-2-3-5-12(11)19-15/h2-9H,1H3,(H2,16,20)(H,18,19). The Morgan fingerprint density at radius 2 is 2.10 bits per heavy atom. The summed E-state index contributed by atoms with van der Waals surface area (Å²) in [6.07, 6.45) is 1.74. The number of benzene rings is 1. The fourth-order valence-electron chi connectivity index (χ4n) is 1.92. The predicted molar refractivity (Wildman–Crippen MR) is 83.8 cm³/mol. The van der Waals surface area contributed by atoms with Crippen LogP contribution in [0.25, 0.3) is 22.4 Å². The van der Waals surface area contributed by atoms with Crippen LogP contribution in [-0.2, 0) is 4.79 Å². The molecule has 2 heterocycles. The number of H-pyrrole nitrogens is 1. The van der Waals surface area contributed by atoms with Crippen LogP contribution < -0.4 is 5.73 Å². The Bertz CT molecular complexity index is 749. The van der Waals surface area contributed by atoms with Gasteiger partial charge in [0.1, 0.15) is 5.82 Å². The van der Waals surface area contributed by atoms with E-state index in [1.165, 1.54) is 11.8 Å². The molecule has 1 atom stereocenters. The van der Waals surface area contributed by atoms with Crippen molar-refractivity contribution in [3.63, 3.8) is 0 Å². The normalized spacial score (nSPS) is 12.4. The van der Waals surface area contributed by atoms with Crippen molar-refractivity contribution in [3.05, 3.63) is 42.6 Å². The number of amides is 1. The van der Waals surface area contributed by atoms with Crippen molar-refractivity contribution in [2.75, 3.05) is 0 Å². The number of nitrogens with one attached hydrogen (secondary N) is 1. The number of pyridine rings is 1. The molecular formula is C15H14N4OS. The lowest BCUT2D eigenvalue weighted by Crippen LogP contribution is -2.22. The molecule has 0 saturated carbocycles. The molecule has 0 aliphatic carbocycles. The van der Waals surface area contributed by atoms with E-state index in [0.29, 0.717) is 0 Å². The van der Waals surface area contributed by atoms with Crippen molar-refractivity contribution in [3.8, 4) is 11.4 Å². The van der Waals surface area contributed by atoms with E-state index in [-0.39, 0.29) is 11.2 Å². The number of hydrogen-bond donors (Lipinski definition) is 2. The van der Waals surface area contributed by atoms with E-state index in [2.05, 4.69) is 15.0 Å². The third-order valence-electron chi connectivity index (χ3n) is 3.10. The Hall–Kier alpha value is -2.34. The van der Waals surface area contributed by atoms with Crippen LogP contribution in [0.1, 0.15) is 6.92 Å². The highest BCUT2D eigenvalue weighted by Crippen LogP contribution is 2.24. The average Bonchev–Trinajstić information content (AvgIpc) is 2.91. The zero-order chi connectivity index (χ0) is 14.8. The second-order valence-electron chi connectivity index (χ2n) is 4.65. The number of thioether (sulfide) groups is 1. The van der Waals surface area contributed by atoms with Crippen LogP contribution in [0.2, 0.25) is 0 Å². The first kappa shape index (κ1) is 13.6. The summed E-state index contributed by atoms with van der Waals surface area (Å²) >= 11 is 1.34. The molecule has 6 heteroatoms. The van der Waals surface area contributed by atoms with Crippen molar-refractivity contribution >= 4 is 28.7 Å². The Morgan fingerprint density at radius 3 is 2.76 bits per heavy atom. The van der Waals surface area contributed by atoms with Gasteiger partial charge in [-0.15, -0.1) is 0 Å². The Kier molecular flexibility index (Phi) is 3.62. The van der Waals surface area contributed by atoms with Crippen LogP contribution in [0.4, 0.5) is 0 Å². The number of fused-ring (bicyclic) bond motifs is 1. The fourth-order valence-corrected chi connectivity index (χ4v) is 2.66. The number of nitrogens with zero attached hydrogens (tertiary/aromatic N) is 2. The number of rotatable bonds is 4. The molecule has 0 radical (unpaired) electrons. The van der Waals surface area contributed by atoms with Gasteiger partial charge >= 0.3 is 0 Å². The number of carbonyl (C=O) groups is 1. The second-order valence-corrected chi connectivity index (χ2v) is 6.01. The van der Waals surface area contributed by atoms with Crippen LogP contribution in [0.3, 0.4) is 0 Å². The Morgan fingerprint density at radius 1 is 1.29 bits per heavy atom. The molecular weight excluding hydrogens is 284 g/mol. The van der Waals surface area contributed by atoms with Gasteiger partial charge in [0.15, 0.2) is 0 Å². The highest BCUT2D eigenvalue weighted by atomic mass is 32.2. The summed E-state index contributed by atoms with van der Waals surface area (Å²) < 4.78 is 0. The second kappa shape index (κ2) is 5.57. The largest absolute Gasteiger partial charge is 0.369 e. The minimum absolute atomic E-state index is 0.297. The summed E-state index contributed by atoms with van der Waals surface area (Å²) in [6.45, 7) is 1.77. The summed E-state index contributed by atoms with van der Waals surface area (Å²) in [5.41, 5.74) is 8.07. The molecule has 0 aliphatic rings. The topological polar surface area (TPSA) is 84.7 Å². The number of primary amides is 1. The van der Waals surface area contributed by atoms with E-state index in [9.17, 15) is 4.79 Å². The zero-order valence-corrected chi connectivity index (χ0v) is 12.2. The minimum atomic E-state index is -0.344. The number of para-hydroxylation sites is 2. The molecule has 106 valence electrons. The molecule has 0 saturated heterocycles. The van der Waals surface area contributed by atoms with Crippen molar-refractivity contribution < 1.29 is 4.79 Å². The number of hydrogen-bond acceptors (Lipinski definition) is 4. The maximum Gasteiger partial charge on any atom is 0.230 e. The van der Waals surface area contributed by atoms with Crippen molar-refractivity contribution in [2.24, 2.45) is 5.73 Å². The van der Waals surface area contributed by atoms with Crippen LogP contribution in [0.15, 0.2) is 47.6 Å². The lowest BCUT2D eigenvalue weighted by molar-refractivity contribution is -0.117. The molecule has 3 rings (SSSR count). The lowest BCUT2D eigenvalue weighted by Gasteiger charge is -2.06. The predicted octanol–water partition coefficient (Wildman–Crippen LogP) is 2.59. The SMILES string of the molecule is CC(Sc1ccc(-c2nc3ccccc3[nH]2)cn1)C(N)=O. The Labute approximate surface area is 126 Å². The molecule has 21 heavy (non-hydrogen) atoms. The van der Waals surface area contributed by atoms with Crippen LogP contribution in [0, 0.1) is 0 Å². The third-order valence-corrected chi connectivity index (χ3v) is 4.17. The fraction of sp³-hybridized carbons (Fsp3) is 0.133. The molecule has 1 aromatic carbocycles. The molecule has 0 aliphatic heterocycles. The van der Waals surface area contributed by atoms with Gasteiger partial charge in [-0.05, 0) is 31.2 Å². The van der Waals surface area contributed by atoms with Gasteiger partial charge in [0.05, 0.1) is 21.3 Å². The molecule has 5 nitrogen and oxygen atoms in total. The molecule has 2 aromatic heterocycles. The summed E-state index contributed by atoms with van der Waals surface area (Å²) in [5.74, 6) is 0.436. The minimum Gasteiger partial charge on any atom is -0.369 e. The first-order chi connectivity index (χ1) is 10.1. The van der Waals surface area contributed by atoms with Crippen molar-refractivity contribution in [2.45, 2.75) is 17.2 Å². The van der Waals surface area contributed by atoms with Crippen LogP contribution in [0.5, 0.6) is 0 Å². The van der Waals surface area contributed by atoms with E-state index in [1.54, 1.807) is 13.1 Å². The lowest BCUT2D eigenvalue weighted by atomic mass is 10.3. The van der Waals surface area contributed by atoms with Crippen molar-refractivity contribution in [1.29, 1.82) is 0 Å². The van der Waals surface area contributed by atoms with Gasteiger partial charge < -0.3 is 10.7 Å². The first-order valence-corrected chi connectivity index (χ1v) is 7.38. The van der Waals surface area contributed by atoms with Gasteiger partial charge in [-0.3, -0.25) is 4.79 Å². The number of aromatic amines is 1. The highest BCUT2D eigenvalue weighted by molar-refractivity contribution is 8.00. The van der Waals surface area contributed by atoms with Gasteiger partial charge in [-0.1, -0.05) is 23.9 Å². The number of carbonyl (C=O) groups excluding carboxylic acids is 1. The number of imidazole rings is 1. The van der Waals surface area contributed by atoms with E-state index in [4.69, 9.17) is 5.73 Å². The molecule has 3 N–H and O–H groups in total. The maximum absolute atomic E-state index is 11.1. The molecule has 0 fully saturated rings. The van der Waals surface area contributed by atoms with Crippen molar-refractivity contribution in [1.82, 2.24) is 15.0 Å². The first-order valence-electron chi connectivity index (χ1n) is 6.50. The maximum atomic E-state index is 11.1. The smallest absolute Gasteiger partial charge is 0.230 e. The quantitative estimate of drug-likeness (QED) is 0.725. The zero-order valence-electron chi connectivity index (χ0n) is 11.4. The molecule has 0 bridgehead atoms. The van der Waals surface area contributed by atoms with E-state index in [0.717, 1.165) is 27.4 Å². The number of aromatic nitrogens is 3. The van der Waals surface area contributed by atoms with E-state index < -0.39 is 0 Å². The molecule has 3 aromatic rings. The van der Waals surface area contributed by atoms with Crippen LogP contribution >= 0.6 is 11.8 Å². The van der Waals surface area contributed by atoms with E-state index >= 15 is 0 Å². The average molecular weight is 298 g/mol. The molecule has 1 amide bonds. The molecule has 0 spiro atoms. The number of nitrogens with two attached hydrogens (primary N) is 1. The van der Waals surface area contributed by atoms with Gasteiger partial charge in [-0.2, -0.15) is 0 Å². The van der Waals surface area contributed by atoms with Gasteiger partial charge in [0.25, 0.3) is 0 Å². The van der Waals surface area contributed by atoms with Crippen LogP contribution in [-0.4, -0.2) is 26.1 Å². The van der Waals surface area contributed by atoms with E-state index in [1.807, 2.05) is 36.4 Å². The summed E-state index contributed by atoms with van der Waals surface area (Å²) in [4.78, 5) is 23.2. The summed E-state index contributed by atoms with van der Waals surface area (Å²) in [7, 11) is 0. The Balaban J connectivity index is 1.85. The highest BCUT2D eigenvalue weighted by Gasteiger charge is 2.11. The monoisotopic (exact) mass is 298 g/mol. The summed E-state index contributed by atoms with van der Waals surface area (Å²) in [6, 6.07) is 11.7. The summed E-state index contributed by atoms with van der Waals surface area (Å²) in [5, 5.41) is 0.468. The van der Waals surface area contributed by atoms with Gasteiger partial charge in [0.2, 0.25) is 5.91 Å². The third kappa shape index (κ3) is 2.90. The molecule has 1 unspecified atom stereocenters. The van der Waals surface area contributed by atoms with Gasteiger partial charge in [0, 0.05) is 11.8 Å². The van der Waals surface area contributed by atoms with Gasteiger partial charge in [-0.25, -0.2) is 9.97 Å².